The van der Waals surface area contributed by atoms with E-state index >= 15 is 0 Å². The summed E-state index contributed by atoms with van der Waals surface area (Å²) in [4.78, 5) is 0. The van der Waals surface area contributed by atoms with Gasteiger partial charge in [0.1, 0.15) is 5.75 Å². The maximum Gasteiger partial charge on any atom is 0.119 e. The highest BCUT2D eigenvalue weighted by Crippen LogP contribution is 2.28. The van der Waals surface area contributed by atoms with Crippen molar-refractivity contribution >= 4 is 5.69 Å². The van der Waals surface area contributed by atoms with Crippen molar-refractivity contribution in [2.75, 3.05) is 11.9 Å². The standard InChI is InChI=1S/C12H17NO2/c1-3-15-10-4-5-11-9(6-10)7-12(14)8(2)13-11/h4-6,8,12-14H,3,7H2,1-2H3. The lowest BCUT2D eigenvalue weighted by atomic mass is 9.96. The number of hydrogen-bond donors (Lipinski definition) is 2. The summed E-state index contributed by atoms with van der Waals surface area (Å²) in [5, 5.41) is 13.0. The number of hydrogen-bond acceptors (Lipinski definition) is 3. The molecule has 2 atom stereocenters. The van der Waals surface area contributed by atoms with E-state index in [1.54, 1.807) is 0 Å². The molecule has 0 fully saturated rings. The van der Waals surface area contributed by atoms with E-state index in [0.717, 1.165) is 17.0 Å². The first-order chi connectivity index (χ1) is 7.20. The third kappa shape index (κ3) is 2.07. The Morgan fingerprint density at radius 1 is 1.53 bits per heavy atom. The maximum atomic E-state index is 9.74. The zero-order valence-corrected chi connectivity index (χ0v) is 9.16. The molecular weight excluding hydrogens is 190 g/mol. The van der Waals surface area contributed by atoms with Crippen molar-refractivity contribution < 1.29 is 9.84 Å². The Hall–Kier alpha value is -1.22. The van der Waals surface area contributed by atoms with Crippen molar-refractivity contribution in [3.63, 3.8) is 0 Å². The number of aliphatic hydroxyl groups excluding tert-OH is 1. The van der Waals surface area contributed by atoms with E-state index in [-0.39, 0.29) is 12.1 Å². The minimum absolute atomic E-state index is 0.121. The first kappa shape index (κ1) is 10.3. The molecule has 2 unspecified atom stereocenters. The zero-order chi connectivity index (χ0) is 10.8. The van der Waals surface area contributed by atoms with E-state index in [0.29, 0.717) is 13.0 Å². The van der Waals surface area contributed by atoms with E-state index in [2.05, 4.69) is 5.32 Å². The quantitative estimate of drug-likeness (QED) is 0.777. The van der Waals surface area contributed by atoms with E-state index in [1.165, 1.54) is 0 Å². The Morgan fingerprint density at radius 3 is 3.07 bits per heavy atom. The molecule has 2 N–H and O–H groups in total. The summed E-state index contributed by atoms with van der Waals surface area (Å²) in [6, 6.07) is 6.10. The molecule has 1 aromatic rings. The molecule has 3 heteroatoms. The second kappa shape index (κ2) is 4.11. The molecule has 2 rings (SSSR count). The molecule has 82 valence electrons. The van der Waals surface area contributed by atoms with Gasteiger partial charge in [0, 0.05) is 18.2 Å². The normalized spacial score (nSPS) is 24.2. The molecule has 0 bridgehead atoms. The molecule has 0 spiro atoms. The molecule has 1 aromatic carbocycles. The maximum absolute atomic E-state index is 9.74. The van der Waals surface area contributed by atoms with Crippen LogP contribution in [0, 0.1) is 0 Å². The molecule has 15 heavy (non-hydrogen) atoms. The Bertz CT molecular complexity index is 351. The fourth-order valence-corrected chi connectivity index (χ4v) is 1.88. The lowest BCUT2D eigenvalue weighted by molar-refractivity contribution is 0.154. The lowest BCUT2D eigenvalue weighted by Crippen LogP contribution is -2.36. The minimum atomic E-state index is -0.311. The highest BCUT2D eigenvalue weighted by atomic mass is 16.5. The number of anilines is 1. The average molecular weight is 207 g/mol. The Labute approximate surface area is 90.1 Å². The van der Waals surface area contributed by atoms with Crippen LogP contribution >= 0.6 is 0 Å². The largest absolute Gasteiger partial charge is 0.494 e. The first-order valence-corrected chi connectivity index (χ1v) is 5.41. The fourth-order valence-electron chi connectivity index (χ4n) is 1.88. The van der Waals surface area contributed by atoms with Crippen LogP contribution in [0.25, 0.3) is 0 Å². The van der Waals surface area contributed by atoms with Crippen LogP contribution < -0.4 is 10.1 Å². The van der Waals surface area contributed by atoms with Gasteiger partial charge in [0.15, 0.2) is 0 Å². The second-order valence-electron chi connectivity index (χ2n) is 3.96. The summed E-state index contributed by atoms with van der Waals surface area (Å²) in [6.45, 7) is 4.63. The van der Waals surface area contributed by atoms with Gasteiger partial charge in [0.05, 0.1) is 12.7 Å². The molecule has 1 aliphatic heterocycles. The van der Waals surface area contributed by atoms with Gasteiger partial charge in [-0.2, -0.15) is 0 Å². The number of nitrogens with one attached hydrogen (secondary N) is 1. The molecule has 1 aliphatic rings. The van der Waals surface area contributed by atoms with E-state index in [9.17, 15) is 5.11 Å². The van der Waals surface area contributed by atoms with Crippen LogP contribution in [-0.4, -0.2) is 23.9 Å². The van der Waals surface area contributed by atoms with Gasteiger partial charge >= 0.3 is 0 Å². The van der Waals surface area contributed by atoms with Gasteiger partial charge in [-0.05, 0) is 37.6 Å². The average Bonchev–Trinajstić information content (AvgIpc) is 2.21. The van der Waals surface area contributed by atoms with Crippen molar-refractivity contribution in [1.29, 1.82) is 0 Å². The summed E-state index contributed by atoms with van der Waals surface area (Å²) >= 11 is 0. The van der Waals surface area contributed by atoms with Crippen LogP contribution in [0.1, 0.15) is 19.4 Å². The van der Waals surface area contributed by atoms with Crippen LogP contribution in [0.3, 0.4) is 0 Å². The Morgan fingerprint density at radius 2 is 2.33 bits per heavy atom. The molecule has 0 aliphatic carbocycles. The van der Waals surface area contributed by atoms with Crippen molar-refractivity contribution in [3.8, 4) is 5.75 Å². The SMILES string of the molecule is CCOc1ccc2c(c1)CC(O)C(C)N2. The molecule has 1 heterocycles. The summed E-state index contributed by atoms with van der Waals surface area (Å²) in [5.41, 5.74) is 2.24. The van der Waals surface area contributed by atoms with Gasteiger partial charge in [-0.3, -0.25) is 0 Å². The summed E-state index contributed by atoms with van der Waals surface area (Å²) in [5.74, 6) is 0.875. The lowest BCUT2D eigenvalue weighted by Gasteiger charge is -2.29. The second-order valence-corrected chi connectivity index (χ2v) is 3.96. The molecule has 0 saturated heterocycles. The van der Waals surface area contributed by atoms with Gasteiger partial charge in [-0.15, -0.1) is 0 Å². The van der Waals surface area contributed by atoms with Gasteiger partial charge in [-0.25, -0.2) is 0 Å². The van der Waals surface area contributed by atoms with Crippen molar-refractivity contribution in [2.24, 2.45) is 0 Å². The van der Waals surface area contributed by atoms with Crippen molar-refractivity contribution in [2.45, 2.75) is 32.4 Å². The fraction of sp³-hybridized carbons (Fsp3) is 0.500. The topological polar surface area (TPSA) is 41.5 Å². The predicted octanol–water partition coefficient (Wildman–Crippen LogP) is 1.80. The number of fused-ring (bicyclic) bond motifs is 1. The molecule has 3 nitrogen and oxygen atoms in total. The van der Waals surface area contributed by atoms with Crippen LogP contribution in [0.2, 0.25) is 0 Å². The predicted molar refractivity (Wildman–Crippen MR) is 60.4 cm³/mol. The number of rotatable bonds is 2. The number of benzene rings is 1. The van der Waals surface area contributed by atoms with Crippen LogP contribution in [0.4, 0.5) is 5.69 Å². The molecule has 0 amide bonds. The van der Waals surface area contributed by atoms with Crippen molar-refractivity contribution in [1.82, 2.24) is 0 Å². The zero-order valence-electron chi connectivity index (χ0n) is 9.16. The highest BCUT2D eigenvalue weighted by Gasteiger charge is 2.22. The summed E-state index contributed by atoms with van der Waals surface area (Å²) < 4.78 is 5.42. The van der Waals surface area contributed by atoms with Crippen LogP contribution in [0.5, 0.6) is 5.75 Å². The van der Waals surface area contributed by atoms with E-state index in [4.69, 9.17) is 4.74 Å². The van der Waals surface area contributed by atoms with E-state index < -0.39 is 0 Å². The van der Waals surface area contributed by atoms with E-state index in [1.807, 2.05) is 32.0 Å². The third-order valence-electron chi connectivity index (χ3n) is 2.78. The monoisotopic (exact) mass is 207 g/mol. The van der Waals surface area contributed by atoms with Gasteiger partial charge in [0.2, 0.25) is 0 Å². The molecule has 0 radical (unpaired) electrons. The van der Waals surface area contributed by atoms with Gasteiger partial charge in [-0.1, -0.05) is 0 Å². The summed E-state index contributed by atoms with van der Waals surface area (Å²) in [7, 11) is 0. The van der Waals surface area contributed by atoms with Gasteiger partial charge < -0.3 is 15.2 Å². The smallest absolute Gasteiger partial charge is 0.119 e. The first-order valence-electron chi connectivity index (χ1n) is 5.41. The Kier molecular flexibility index (Phi) is 2.82. The number of aliphatic hydroxyl groups is 1. The van der Waals surface area contributed by atoms with Crippen LogP contribution in [0.15, 0.2) is 18.2 Å². The molecule has 0 saturated carbocycles. The summed E-state index contributed by atoms with van der Waals surface area (Å²) in [6.07, 6.45) is 0.388. The highest BCUT2D eigenvalue weighted by molar-refractivity contribution is 5.57. The molecule has 0 aromatic heterocycles. The minimum Gasteiger partial charge on any atom is -0.494 e. The van der Waals surface area contributed by atoms with Gasteiger partial charge in [0.25, 0.3) is 0 Å². The number of ether oxygens (including phenoxy) is 1. The third-order valence-corrected chi connectivity index (χ3v) is 2.78. The molecular formula is C12H17NO2. The van der Waals surface area contributed by atoms with Crippen LogP contribution in [-0.2, 0) is 6.42 Å². The van der Waals surface area contributed by atoms with Crippen molar-refractivity contribution in [3.05, 3.63) is 23.8 Å². The Balaban J connectivity index is 2.25.